The number of hydrogen-bond acceptors (Lipinski definition) is 4. The SMILES string of the molecule is O=NNCCN1C(=O)c2ccccc2C1=O. The summed E-state index contributed by atoms with van der Waals surface area (Å²) in [6, 6.07) is 6.64. The van der Waals surface area contributed by atoms with Gasteiger partial charge in [0.25, 0.3) is 11.8 Å². The maximum atomic E-state index is 11.8. The van der Waals surface area contributed by atoms with Gasteiger partial charge in [0, 0.05) is 11.8 Å². The predicted octanol–water partition coefficient (Wildman–Crippen LogP) is 0.554. The van der Waals surface area contributed by atoms with Gasteiger partial charge in [-0.1, -0.05) is 12.1 Å². The van der Waals surface area contributed by atoms with Crippen molar-refractivity contribution in [1.29, 1.82) is 0 Å². The van der Waals surface area contributed by atoms with Crippen molar-refractivity contribution >= 4 is 11.8 Å². The molecule has 2 rings (SSSR count). The highest BCUT2D eigenvalue weighted by atomic mass is 16.3. The molecule has 0 radical (unpaired) electrons. The highest BCUT2D eigenvalue weighted by molar-refractivity contribution is 6.21. The molecule has 1 aliphatic rings. The molecule has 0 atom stereocenters. The van der Waals surface area contributed by atoms with E-state index in [2.05, 4.69) is 10.7 Å². The second-order valence-corrected chi connectivity index (χ2v) is 3.31. The fourth-order valence-corrected chi connectivity index (χ4v) is 1.65. The zero-order chi connectivity index (χ0) is 11.5. The standard InChI is InChI=1S/C10H9N3O3/c14-9-7-3-1-2-4-8(7)10(15)13(9)6-5-11-12-16/h1-4H,5-6H2,(H,11,16). The Labute approximate surface area is 91.2 Å². The number of nitrogens with zero attached hydrogens (tertiary/aromatic N) is 2. The Balaban J connectivity index is 2.18. The summed E-state index contributed by atoms with van der Waals surface area (Å²) in [5.41, 5.74) is 2.98. The number of fused-ring (bicyclic) bond motifs is 1. The van der Waals surface area contributed by atoms with Gasteiger partial charge >= 0.3 is 0 Å². The second-order valence-electron chi connectivity index (χ2n) is 3.31. The van der Waals surface area contributed by atoms with Crippen LogP contribution >= 0.6 is 0 Å². The van der Waals surface area contributed by atoms with Crippen molar-refractivity contribution in [3.05, 3.63) is 40.3 Å². The molecule has 1 aromatic rings. The summed E-state index contributed by atoms with van der Waals surface area (Å²) >= 11 is 0. The molecule has 0 spiro atoms. The monoisotopic (exact) mass is 219 g/mol. The van der Waals surface area contributed by atoms with Crippen LogP contribution in [-0.4, -0.2) is 29.8 Å². The Morgan fingerprint density at radius 1 is 1.12 bits per heavy atom. The average Bonchev–Trinajstić information content (AvgIpc) is 2.55. The fraction of sp³-hybridized carbons (Fsp3) is 0.200. The zero-order valence-corrected chi connectivity index (χ0v) is 8.34. The van der Waals surface area contributed by atoms with Crippen LogP contribution in [0, 0.1) is 4.91 Å². The van der Waals surface area contributed by atoms with Crippen molar-refractivity contribution in [2.24, 2.45) is 5.29 Å². The predicted molar refractivity (Wildman–Crippen MR) is 55.6 cm³/mol. The maximum absolute atomic E-state index is 11.8. The molecule has 0 aromatic heterocycles. The van der Waals surface area contributed by atoms with Crippen LogP contribution in [-0.2, 0) is 0 Å². The van der Waals surface area contributed by atoms with Crippen LogP contribution in [0.2, 0.25) is 0 Å². The number of carbonyl (C=O) groups excluding carboxylic acids is 2. The molecule has 0 saturated carbocycles. The summed E-state index contributed by atoms with van der Waals surface area (Å²) in [7, 11) is 0. The van der Waals surface area contributed by atoms with E-state index in [1.54, 1.807) is 24.3 Å². The molecule has 6 nitrogen and oxygen atoms in total. The molecule has 16 heavy (non-hydrogen) atoms. The van der Waals surface area contributed by atoms with Gasteiger partial charge in [-0.3, -0.25) is 19.9 Å². The van der Waals surface area contributed by atoms with Gasteiger partial charge in [0.2, 0.25) is 0 Å². The largest absolute Gasteiger partial charge is 0.272 e. The average molecular weight is 219 g/mol. The molecule has 1 aromatic carbocycles. The first-order valence-electron chi connectivity index (χ1n) is 4.76. The third kappa shape index (κ3) is 1.54. The fourth-order valence-electron chi connectivity index (χ4n) is 1.65. The van der Waals surface area contributed by atoms with E-state index in [-0.39, 0.29) is 24.9 Å². The third-order valence-corrected chi connectivity index (χ3v) is 2.39. The molecular weight excluding hydrogens is 210 g/mol. The number of carbonyl (C=O) groups is 2. The van der Waals surface area contributed by atoms with Crippen LogP contribution in [0.1, 0.15) is 20.7 Å². The van der Waals surface area contributed by atoms with E-state index in [1.807, 2.05) is 0 Å². The topological polar surface area (TPSA) is 78.8 Å². The number of nitrogens with one attached hydrogen (secondary N) is 1. The summed E-state index contributed by atoms with van der Waals surface area (Å²) in [6.07, 6.45) is 0. The molecule has 6 heteroatoms. The molecule has 0 bridgehead atoms. The van der Waals surface area contributed by atoms with Crippen molar-refractivity contribution in [2.45, 2.75) is 0 Å². The van der Waals surface area contributed by atoms with Gasteiger partial charge in [-0.05, 0) is 12.1 Å². The maximum Gasteiger partial charge on any atom is 0.261 e. The first-order chi connectivity index (χ1) is 7.75. The van der Waals surface area contributed by atoms with Crippen molar-refractivity contribution in [3.8, 4) is 0 Å². The minimum atomic E-state index is -0.326. The van der Waals surface area contributed by atoms with Crippen LogP contribution in [0.5, 0.6) is 0 Å². The lowest BCUT2D eigenvalue weighted by molar-refractivity contribution is 0.0656. The lowest BCUT2D eigenvalue weighted by Crippen LogP contribution is -2.35. The van der Waals surface area contributed by atoms with Gasteiger partial charge in [-0.2, -0.15) is 0 Å². The Bertz CT molecular complexity index is 423. The van der Waals surface area contributed by atoms with E-state index < -0.39 is 0 Å². The van der Waals surface area contributed by atoms with E-state index in [9.17, 15) is 14.5 Å². The molecule has 0 fully saturated rings. The van der Waals surface area contributed by atoms with E-state index in [0.717, 1.165) is 4.90 Å². The summed E-state index contributed by atoms with van der Waals surface area (Å²) in [5, 5.41) is 2.45. The van der Waals surface area contributed by atoms with Crippen LogP contribution in [0.3, 0.4) is 0 Å². The van der Waals surface area contributed by atoms with Gasteiger partial charge in [0.15, 0.2) is 0 Å². The molecule has 0 unspecified atom stereocenters. The smallest absolute Gasteiger partial charge is 0.261 e. The van der Waals surface area contributed by atoms with Crippen molar-refractivity contribution < 1.29 is 9.59 Å². The first-order valence-corrected chi connectivity index (χ1v) is 4.76. The number of amides is 2. The van der Waals surface area contributed by atoms with E-state index in [4.69, 9.17) is 0 Å². The highest BCUT2D eigenvalue weighted by Gasteiger charge is 2.34. The van der Waals surface area contributed by atoms with Crippen molar-refractivity contribution in [1.82, 2.24) is 10.3 Å². The highest BCUT2D eigenvalue weighted by Crippen LogP contribution is 2.21. The minimum Gasteiger partial charge on any atom is -0.272 e. The normalized spacial score (nSPS) is 13.9. The van der Waals surface area contributed by atoms with E-state index in [1.165, 1.54) is 0 Å². The molecule has 0 saturated heterocycles. The van der Waals surface area contributed by atoms with Crippen LogP contribution < -0.4 is 5.43 Å². The van der Waals surface area contributed by atoms with Crippen molar-refractivity contribution in [2.75, 3.05) is 13.1 Å². The van der Waals surface area contributed by atoms with Gasteiger partial charge in [-0.25, -0.2) is 0 Å². The second kappa shape index (κ2) is 4.09. The minimum absolute atomic E-state index is 0.137. The van der Waals surface area contributed by atoms with Gasteiger partial charge in [-0.15, -0.1) is 4.91 Å². The lowest BCUT2D eigenvalue weighted by Gasteiger charge is -2.12. The number of imide groups is 1. The van der Waals surface area contributed by atoms with E-state index >= 15 is 0 Å². The first kappa shape index (κ1) is 10.3. The van der Waals surface area contributed by atoms with Gasteiger partial charge < -0.3 is 0 Å². The zero-order valence-electron chi connectivity index (χ0n) is 8.34. The van der Waals surface area contributed by atoms with Crippen LogP contribution in [0.4, 0.5) is 0 Å². The third-order valence-electron chi connectivity index (χ3n) is 2.39. The molecular formula is C10H9N3O3. The number of benzene rings is 1. The Morgan fingerprint density at radius 2 is 1.69 bits per heavy atom. The lowest BCUT2D eigenvalue weighted by atomic mass is 10.1. The molecule has 1 heterocycles. The summed E-state index contributed by atoms with van der Waals surface area (Å²) in [4.78, 5) is 34.5. The molecule has 82 valence electrons. The molecule has 2 amide bonds. The van der Waals surface area contributed by atoms with Crippen LogP contribution in [0.15, 0.2) is 29.6 Å². The van der Waals surface area contributed by atoms with Gasteiger partial charge in [0.1, 0.15) is 0 Å². The van der Waals surface area contributed by atoms with E-state index in [0.29, 0.717) is 11.1 Å². The summed E-state index contributed by atoms with van der Waals surface area (Å²) in [5.74, 6) is -0.651. The number of hydrogen-bond donors (Lipinski definition) is 1. The molecule has 0 aliphatic carbocycles. The number of nitroso groups, excluding NO2 is 1. The summed E-state index contributed by atoms with van der Waals surface area (Å²) < 4.78 is 0. The van der Waals surface area contributed by atoms with Crippen molar-refractivity contribution in [3.63, 3.8) is 0 Å². The summed E-state index contributed by atoms with van der Waals surface area (Å²) in [6.45, 7) is 0.299. The Morgan fingerprint density at radius 3 is 2.19 bits per heavy atom. The number of rotatable bonds is 4. The van der Waals surface area contributed by atoms with Crippen LogP contribution in [0.25, 0.3) is 0 Å². The van der Waals surface area contributed by atoms with Gasteiger partial charge in [0.05, 0.1) is 17.7 Å². The Kier molecular flexibility index (Phi) is 2.63. The molecule has 1 N–H and O–H groups in total. The quantitative estimate of drug-likeness (QED) is 0.347. The molecule has 1 aliphatic heterocycles. The Hall–Kier alpha value is -2.24.